The van der Waals surface area contributed by atoms with E-state index < -0.39 is 50.7 Å². The Bertz CT molecular complexity index is 1240. The third-order valence-corrected chi connectivity index (χ3v) is 8.65. The van der Waals surface area contributed by atoms with Gasteiger partial charge in [0.2, 0.25) is 10.0 Å². The van der Waals surface area contributed by atoms with Crippen molar-refractivity contribution in [2.45, 2.75) is 49.7 Å². The van der Waals surface area contributed by atoms with Gasteiger partial charge < -0.3 is 9.80 Å². The summed E-state index contributed by atoms with van der Waals surface area (Å²) >= 11 is 0. The van der Waals surface area contributed by atoms with Crippen LogP contribution in [-0.4, -0.2) is 67.9 Å². The van der Waals surface area contributed by atoms with Gasteiger partial charge in [0.25, 0.3) is 0 Å². The summed E-state index contributed by atoms with van der Waals surface area (Å²) in [7, 11) is -0.776. The number of rotatable bonds is 3. The predicted molar refractivity (Wildman–Crippen MR) is 124 cm³/mol. The molecular weight excluding hydrogens is 467 g/mol. The van der Waals surface area contributed by atoms with Crippen LogP contribution in [0.5, 0.6) is 0 Å². The van der Waals surface area contributed by atoms with Crippen LogP contribution >= 0.6 is 0 Å². The summed E-state index contributed by atoms with van der Waals surface area (Å²) < 4.78 is 73.9. The van der Waals surface area contributed by atoms with Crippen LogP contribution in [0.2, 0.25) is 0 Å². The van der Waals surface area contributed by atoms with Crippen molar-refractivity contribution >= 4 is 16.1 Å². The van der Waals surface area contributed by atoms with E-state index in [2.05, 4.69) is 4.72 Å². The average Bonchev–Trinajstić information content (AvgIpc) is 3.02. The van der Waals surface area contributed by atoms with E-state index in [4.69, 9.17) is 0 Å². The molecule has 2 amide bonds. The van der Waals surface area contributed by atoms with E-state index in [-0.39, 0.29) is 36.1 Å². The highest BCUT2D eigenvalue weighted by molar-refractivity contribution is 7.90. The van der Waals surface area contributed by atoms with Crippen LogP contribution < -0.4 is 4.72 Å². The van der Waals surface area contributed by atoms with Crippen LogP contribution in [0.4, 0.5) is 18.0 Å². The lowest BCUT2D eigenvalue weighted by Crippen LogP contribution is -2.60. The summed E-state index contributed by atoms with van der Waals surface area (Å²) in [5.41, 5.74) is -1.33. The van der Waals surface area contributed by atoms with Gasteiger partial charge in [0, 0.05) is 31.6 Å². The quantitative estimate of drug-likeness (QED) is 0.707. The first kappa shape index (κ1) is 24.5. The molecule has 184 valence electrons. The highest BCUT2D eigenvalue weighted by atomic mass is 32.2. The number of carbonyl (C=O) groups is 1. The van der Waals surface area contributed by atoms with Crippen molar-refractivity contribution in [1.29, 1.82) is 0 Å². The van der Waals surface area contributed by atoms with Gasteiger partial charge in [-0.3, -0.25) is 0 Å². The maximum Gasteiger partial charge on any atom is 0.319 e. The Hall–Kier alpha value is -2.59. The number of benzene rings is 2. The Kier molecular flexibility index (Phi) is 6.18. The predicted octanol–water partition coefficient (Wildman–Crippen LogP) is 3.64. The van der Waals surface area contributed by atoms with Crippen LogP contribution in [0.3, 0.4) is 0 Å². The average molecular weight is 496 g/mol. The summed E-state index contributed by atoms with van der Waals surface area (Å²) in [4.78, 5) is 15.4. The molecule has 6 nitrogen and oxygen atoms in total. The molecule has 1 N–H and O–H groups in total. The minimum Gasteiger partial charge on any atom is -0.331 e. The lowest BCUT2D eigenvalue weighted by molar-refractivity contribution is 0.122. The zero-order valence-corrected chi connectivity index (χ0v) is 20.3. The number of alkyl halides is 1. The van der Waals surface area contributed by atoms with E-state index in [9.17, 15) is 17.6 Å². The van der Waals surface area contributed by atoms with E-state index in [1.54, 1.807) is 25.1 Å². The molecule has 4 rings (SSSR count). The number of likely N-dealkylation sites (tertiary alicyclic amines) is 1. The molecule has 34 heavy (non-hydrogen) atoms. The molecule has 2 aromatic carbocycles. The van der Waals surface area contributed by atoms with Crippen molar-refractivity contribution in [3.63, 3.8) is 0 Å². The van der Waals surface area contributed by atoms with Crippen molar-refractivity contribution in [3.8, 4) is 11.1 Å². The number of halogens is 3. The molecule has 0 radical (unpaired) electrons. The Labute approximate surface area is 197 Å². The minimum atomic E-state index is -3.80. The molecule has 10 heteroatoms. The number of aryl methyl sites for hydroxylation is 1. The number of urea groups is 1. The molecule has 2 aliphatic heterocycles. The number of sulfonamides is 1. The molecule has 2 saturated heterocycles. The number of carbonyl (C=O) groups excluding carboxylic acids is 1. The normalized spacial score (nSPS) is 28.0. The van der Waals surface area contributed by atoms with Crippen LogP contribution in [0, 0.1) is 18.6 Å². The van der Waals surface area contributed by atoms with Crippen LogP contribution in [-0.2, 0) is 16.4 Å². The maximum absolute atomic E-state index is 16.0. The smallest absolute Gasteiger partial charge is 0.319 e. The van der Waals surface area contributed by atoms with Gasteiger partial charge in [0.05, 0.1) is 23.9 Å². The highest BCUT2D eigenvalue weighted by Gasteiger charge is 2.60. The molecule has 2 fully saturated rings. The number of hydrogen-bond acceptors (Lipinski definition) is 3. The monoisotopic (exact) mass is 495 g/mol. The fraction of sp³-hybridized carbons (Fsp3) is 0.458. The fourth-order valence-electron chi connectivity index (χ4n) is 5.00. The van der Waals surface area contributed by atoms with Gasteiger partial charge in [0.15, 0.2) is 0 Å². The van der Waals surface area contributed by atoms with Crippen molar-refractivity contribution in [3.05, 3.63) is 59.2 Å². The Morgan fingerprint density at radius 2 is 1.76 bits per heavy atom. The second kappa shape index (κ2) is 8.57. The highest BCUT2D eigenvalue weighted by Crippen LogP contribution is 2.42. The third-order valence-electron chi connectivity index (χ3n) is 6.84. The lowest BCUT2D eigenvalue weighted by Gasteiger charge is -2.37. The van der Waals surface area contributed by atoms with E-state index in [1.165, 1.54) is 49.0 Å². The van der Waals surface area contributed by atoms with Gasteiger partial charge in [-0.2, -0.15) is 0 Å². The third kappa shape index (κ3) is 4.07. The molecule has 2 unspecified atom stereocenters. The molecule has 2 aliphatic rings. The first-order chi connectivity index (χ1) is 15.9. The lowest BCUT2D eigenvalue weighted by atomic mass is 9.88. The summed E-state index contributed by atoms with van der Waals surface area (Å²) in [5, 5.41) is -0.965. The molecule has 2 aromatic rings. The minimum absolute atomic E-state index is 0.0477. The molecule has 0 spiro atoms. The first-order valence-corrected chi connectivity index (χ1v) is 12.6. The zero-order chi connectivity index (χ0) is 25.0. The van der Waals surface area contributed by atoms with Gasteiger partial charge in [-0.05, 0) is 31.4 Å². The topological polar surface area (TPSA) is 69.7 Å². The van der Waals surface area contributed by atoms with Gasteiger partial charge in [-0.25, -0.2) is 31.1 Å². The number of amides is 2. The Morgan fingerprint density at radius 1 is 1.15 bits per heavy atom. The van der Waals surface area contributed by atoms with Crippen molar-refractivity contribution in [2.75, 3.05) is 20.6 Å². The van der Waals surface area contributed by atoms with Gasteiger partial charge >= 0.3 is 6.03 Å². The second-order valence-electron chi connectivity index (χ2n) is 9.48. The molecular formula is C24H28F3N3O3S. The summed E-state index contributed by atoms with van der Waals surface area (Å²) in [5.74, 6) is -1.23. The fourth-order valence-corrected chi connectivity index (χ4v) is 6.45. The first-order valence-electron chi connectivity index (χ1n) is 11.1. The number of fused-ring (bicyclic) bond motifs is 1. The molecule has 0 bridgehead atoms. The second-order valence-corrected chi connectivity index (χ2v) is 11.6. The van der Waals surface area contributed by atoms with Gasteiger partial charge in [0.1, 0.15) is 17.3 Å². The largest absolute Gasteiger partial charge is 0.331 e. The number of hydrogen-bond donors (Lipinski definition) is 1. The SMILES string of the molecule is Cc1cccc(-c2cccc(C[C@H]3[C@H]4NS(=O)(=O)C(C)CC4(F)CN3C(=O)N(C)C)c2F)c1F. The molecule has 2 heterocycles. The van der Waals surface area contributed by atoms with E-state index >= 15 is 8.78 Å². The molecule has 0 aromatic heterocycles. The molecule has 4 atom stereocenters. The van der Waals surface area contributed by atoms with Crippen LogP contribution in [0.25, 0.3) is 11.1 Å². The van der Waals surface area contributed by atoms with Crippen LogP contribution in [0.15, 0.2) is 36.4 Å². The molecule has 0 saturated carbocycles. The summed E-state index contributed by atoms with van der Waals surface area (Å²) in [6.45, 7) is 2.70. The summed E-state index contributed by atoms with van der Waals surface area (Å²) in [6.07, 6.45) is -0.405. The van der Waals surface area contributed by atoms with Gasteiger partial charge in [-0.1, -0.05) is 36.4 Å². The number of nitrogens with zero attached hydrogens (tertiary/aromatic N) is 2. The number of nitrogens with one attached hydrogen (secondary N) is 1. The standard InChI is InChI=1S/C24H28F3N3O3S/c1-14-7-5-9-17(20(14)25)18-10-6-8-16(21(18)26)11-19-22-24(27,12-15(2)34(32,33)28-22)13-30(19)23(31)29(3)4/h5-10,15,19,22,28H,11-13H2,1-4H3/t15?,19-,22+,24?/m0/s1. The van der Waals surface area contributed by atoms with Crippen LogP contribution in [0.1, 0.15) is 24.5 Å². The van der Waals surface area contributed by atoms with E-state index in [1.807, 2.05) is 0 Å². The van der Waals surface area contributed by atoms with E-state index in [0.717, 1.165) is 0 Å². The Morgan fingerprint density at radius 3 is 2.41 bits per heavy atom. The van der Waals surface area contributed by atoms with Crippen molar-refractivity contribution < 1.29 is 26.4 Å². The maximum atomic E-state index is 16.0. The van der Waals surface area contributed by atoms with E-state index in [0.29, 0.717) is 5.56 Å². The summed E-state index contributed by atoms with van der Waals surface area (Å²) in [6, 6.07) is 6.52. The zero-order valence-electron chi connectivity index (χ0n) is 19.5. The van der Waals surface area contributed by atoms with Crippen molar-refractivity contribution in [2.24, 2.45) is 0 Å². The van der Waals surface area contributed by atoms with Gasteiger partial charge in [-0.15, -0.1) is 0 Å². The Balaban J connectivity index is 1.76. The van der Waals surface area contributed by atoms with Crippen molar-refractivity contribution in [1.82, 2.24) is 14.5 Å². The molecule has 0 aliphatic carbocycles.